The fourth-order valence-electron chi connectivity index (χ4n) is 2.53. The van der Waals surface area contributed by atoms with E-state index in [1.54, 1.807) is 29.2 Å². The van der Waals surface area contributed by atoms with Crippen molar-refractivity contribution in [3.05, 3.63) is 24.7 Å². The highest BCUT2D eigenvalue weighted by molar-refractivity contribution is 6.03. The molecule has 10 heteroatoms. The first-order valence-corrected chi connectivity index (χ1v) is 8.10. The number of nitrogens with zero attached hydrogens (tertiary/aromatic N) is 6. The van der Waals surface area contributed by atoms with Crippen molar-refractivity contribution in [3.63, 3.8) is 0 Å². The number of aliphatic hydroxyl groups is 1. The first-order valence-electron chi connectivity index (χ1n) is 8.10. The number of nitrogens with one attached hydrogen (secondary N) is 1. The van der Waals surface area contributed by atoms with Gasteiger partial charge in [0.15, 0.2) is 0 Å². The highest BCUT2D eigenvalue weighted by atomic mass is 16.3. The van der Waals surface area contributed by atoms with Crippen molar-refractivity contribution in [2.24, 2.45) is 5.73 Å². The Morgan fingerprint density at radius 2 is 2.31 bits per heavy atom. The van der Waals surface area contributed by atoms with Crippen molar-refractivity contribution in [1.82, 2.24) is 19.7 Å². The molecule has 0 radical (unpaired) electrons. The van der Waals surface area contributed by atoms with E-state index < -0.39 is 11.5 Å². The quantitative estimate of drug-likeness (QED) is 0.639. The lowest BCUT2D eigenvalue weighted by Gasteiger charge is -2.22. The van der Waals surface area contributed by atoms with Crippen molar-refractivity contribution in [2.75, 3.05) is 23.3 Å². The minimum Gasteiger partial charge on any atom is -0.368 e. The lowest BCUT2D eigenvalue weighted by molar-refractivity contribution is -0.128. The van der Waals surface area contributed by atoms with Crippen molar-refractivity contribution < 1.29 is 9.90 Å². The Labute approximate surface area is 150 Å². The third-order valence-electron chi connectivity index (χ3n) is 4.36. The van der Waals surface area contributed by atoms with Gasteiger partial charge in [0.25, 0.3) is 5.91 Å². The van der Waals surface area contributed by atoms with E-state index >= 15 is 0 Å². The van der Waals surface area contributed by atoms with Gasteiger partial charge >= 0.3 is 0 Å². The maximum atomic E-state index is 12.2. The zero-order valence-electron chi connectivity index (χ0n) is 14.5. The molecule has 2 aromatic rings. The van der Waals surface area contributed by atoms with Crippen LogP contribution in [0.25, 0.3) is 0 Å². The van der Waals surface area contributed by atoms with Crippen LogP contribution in [0.2, 0.25) is 0 Å². The van der Waals surface area contributed by atoms with E-state index in [9.17, 15) is 9.90 Å². The van der Waals surface area contributed by atoms with Gasteiger partial charge in [-0.15, -0.1) is 0 Å². The number of carbonyl (C=O) groups excluding carboxylic acids is 1. The molecule has 1 atom stereocenters. The Hall–Kier alpha value is -3.03. The van der Waals surface area contributed by atoms with Gasteiger partial charge in [0.05, 0.1) is 17.4 Å². The van der Waals surface area contributed by atoms with Gasteiger partial charge in [-0.3, -0.25) is 14.4 Å². The molecule has 1 fully saturated rings. The molecule has 3 heterocycles. The Morgan fingerprint density at radius 3 is 2.96 bits per heavy atom. The molecule has 2 aromatic heterocycles. The summed E-state index contributed by atoms with van der Waals surface area (Å²) in [7, 11) is 0. The fourth-order valence-corrected chi connectivity index (χ4v) is 2.53. The van der Waals surface area contributed by atoms with Crippen LogP contribution in [-0.2, 0) is 10.3 Å². The average molecular weight is 356 g/mol. The number of nitrogens with two attached hydrogens (primary N) is 1. The molecule has 4 N–H and O–H groups in total. The van der Waals surface area contributed by atoms with Crippen molar-refractivity contribution in [1.29, 1.82) is 5.26 Å². The number of hydrogen-bond acceptors (Lipinski definition) is 8. The van der Waals surface area contributed by atoms with Gasteiger partial charge in [-0.2, -0.15) is 15.3 Å². The smallest absolute Gasteiger partial charge is 0.275 e. The van der Waals surface area contributed by atoms with E-state index in [1.165, 1.54) is 11.1 Å². The molecule has 1 saturated heterocycles. The van der Waals surface area contributed by atoms with Gasteiger partial charge in [0, 0.05) is 31.9 Å². The number of anilines is 3. The third-order valence-corrected chi connectivity index (χ3v) is 4.36. The van der Waals surface area contributed by atoms with Crippen molar-refractivity contribution in [2.45, 2.75) is 31.4 Å². The molecule has 26 heavy (non-hydrogen) atoms. The molecule has 0 saturated carbocycles. The van der Waals surface area contributed by atoms with Gasteiger partial charge in [0.1, 0.15) is 11.9 Å². The number of aromatic nitrogens is 4. The van der Waals surface area contributed by atoms with Gasteiger partial charge in [-0.25, -0.2) is 4.98 Å². The molecule has 1 aliphatic rings. The molecular weight excluding hydrogens is 336 g/mol. The number of amides is 1. The highest BCUT2D eigenvalue weighted by Crippen LogP contribution is 2.27. The summed E-state index contributed by atoms with van der Waals surface area (Å²) in [6, 6.07) is 3.20. The van der Waals surface area contributed by atoms with Crippen LogP contribution in [0.4, 0.5) is 17.5 Å². The SMILES string of the molecule is CC(C)(CN)n1cc(Nc2nccc(N3CC[C@](O)(C#N)C3=O)n2)cn1. The average Bonchev–Trinajstić information content (AvgIpc) is 3.22. The molecular formula is C16H20N8O2. The Morgan fingerprint density at radius 1 is 1.54 bits per heavy atom. The van der Waals surface area contributed by atoms with Gasteiger partial charge in [0.2, 0.25) is 11.5 Å². The monoisotopic (exact) mass is 356 g/mol. The summed E-state index contributed by atoms with van der Waals surface area (Å²) < 4.78 is 1.75. The van der Waals surface area contributed by atoms with Crippen LogP contribution < -0.4 is 16.0 Å². The molecule has 0 aromatic carbocycles. The van der Waals surface area contributed by atoms with Gasteiger partial charge in [-0.1, -0.05) is 0 Å². The molecule has 0 spiro atoms. The maximum absolute atomic E-state index is 12.2. The fraction of sp³-hybridized carbons (Fsp3) is 0.438. The molecule has 1 amide bonds. The topological polar surface area (TPSA) is 146 Å². The second kappa shape index (κ2) is 6.36. The molecule has 136 valence electrons. The number of nitriles is 1. The zero-order chi connectivity index (χ0) is 18.9. The lowest BCUT2D eigenvalue weighted by atomic mass is 10.1. The summed E-state index contributed by atoms with van der Waals surface area (Å²) >= 11 is 0. The summed E-state index contributed by atoms with van der Waals surface area (Å²) in [4.78, 5) is 21.9. The van der Waals surface area contributed by atoms with E-state index in [4.69, 9.17) is 11.0 Å². The summed E-state index contributed by atoms with van der Waals surface area (Å²) in [5.74, 6) is -0.0941. The van der Waals surface area contributed by atoms with Crippen LogP contribution in [0, 0.1) is 11.3 Å². The Balaban J connectivity index is 1.79. The van der Waals surface area contributed by atoms with E-state index in [1.807, 2.05) is 13.8 Å². The maximum Gasteiger partial charge on any atom is 0.275 e. The first-order chi connectivity index (χ1) is 12.3. The van der Waals surface area contributed by atoms with Crippen molar-refractivity contribution >= 4 is 23.4 Å². The van der Waals surface area contributed by atoms with E-state index in [2.05, 4.69) is 20.4 Å². The van der Waals surface area contributed by atoms with Crippen LogP contribution >= 0.6 is 0 Å². The van der Waals surface area contributed by atoms with Crippen LogP contribution in [-0.4, -0.2) is 49.5 Å². The van der Waals surface area contributed by atoms with Crippen molar-refractivity contribution in [3.8, 4) is 6.07 Å². The van der Waals surface area contributed by atoms with Crippen LogP contribution in [0.1, 0.15) is 20.3 Å². The lowest BCUT2D eigenvalue weighted by Crippen LogP contribution is -2.39. The molecule has 1 aliphatic heterocycles. The minimum atomic E-state index is -1.99. The molecule has 0 bridgehead atoms. The number of hydrogen-bond donors (Lipinski definition) is 3. The zero-order valence-corrected chi connectivity index (χ0v) is 14.5. The minimum absolute atomic E-state index is 0.0377. The van der Waals surface area contributed by atoms with Crippen LogP contribution in [0.5, 0.6) is 0 Å². The van der Waals surface area contributed by atoms with Crippen LogP contribution in [0.15, 0.2) is 24.7 Å². The number of rotatable bonds is 5. The summed E-state index contributed by atoms with van der Waals surface area (Å²) in [5, 5.41) is 26.3. The van der Waals surface area contributed by atoms with Crippen LogP contribution in [0.3, 0.4) is 0 Å². The molecule has 10 nitrogen and oxygen atoms in total. The highest BCUT2D eigenvalue weighted by Gasteiger charge is 2.46. The summed E-state index contributed by atoms with van der Waals surface area (Å²) in [5.41, 5.74) is 4.10. The summed E-state index contributed by atoms with van der Waals surface area (Å²) in [6.07, 6.45) is 4.95. The molecule has 0 unspecified atom stereocenters. The third kappa shape index (κ3) is 3.10. The van der Waals surface area contributed by atoms with E-state index in [-0.39, 0.29) is 24.5 Å². The predicted molar refractivity (Wildman–Crippen MR) is 93.5 cm³/mol. The largest absolute Gasteiger partial charge is 0.368 e. The normalized spacial score (nSPS) is 20.3. The Kier molecular flexibility index (Phi) is 4.35. The van der Waals surface area contributed by atoms with E-state index in [0.29, 0.717) is 18.1 Å². The second-order valence-corrected chi connectivity index (χ2v) is 6.73. The first kappa shape index (κ1) is 17.8. The van der Waals surface area contributed by atoms with E-state index in [0.717, 1.165) is 0 Å². The Bertz CT molecular complexity index is 871. The number of carbonyl (C=O) groups is 1. The van der Waals surface area contributed by atoms with Gasteiger partial charge in [-0.05, 0) is 19.9 Å². The second-order valence-electron chi connectivity index (χ2n) is 6.73. The standard InChI is InChI=1S/C16H20N8O2/c1-15(2,9-17)24-8-11(7-20-24)21-14-19-5-3-12(22-14)23-6-4-16(26,10-18)13(23)25/h3,5,7-8,26H,4,6,9,17H2,1-2H3,(H,19,21,22)/t16-/m0/s1. The molecule has 3 rings (SSSR count). The van der Waals surface area contributed by atoms with Gasteiger partial charge < -0.3 is 16.2 Å². The summed E-state index contributed by atoms with van der Waals surface area (Å²) in [6.45, 7) is 4.58. The predicted octanol–water partition coefficient (Wildman–Crippen LogP) is 0.102. The molecule has 0 aliphatic carbocycles.